The fraction of sp³-hybridized carbons (Fsp3) is 0.0500. The Morgan fingerprint density at radius 3 is 1.96 bits per heavy atom. The number of rotatable bonds is 3. The summed E-state index contributed by atoms with van der Waals surface area (Å²) in [6, 6.07) is 30.4. The van der Waals surface area contributed by atoms with Crippen molar-refractivity contribution in [2.24, 2.45) is 10.2 Å². The van der Waals surface area contributed by atoms with Gasteiger partial charge in [-0.05, 0) is 12.1 Å². The Hall–Kier alpha value is -3.27. The van der Waals surface area contributed by atoms with Crippen molar-refractivity contribution < 1.29 is 4.70 Å². The summed E-state index contributed by atoms with van der Waals surface area (Å²) in [5, 5.41) is 11.5. The topological polar surface area (TPSA) is 31.0 Å². The number of hydrogen-bond donors (Lipinski definition) is 0. The Bertz CT molecular complexity index is 871. The summed E-state index contributed by atoms with van der Waals surface area (Å²) in [5.41, 5.74) is 3.09. The smallest absolute Gasteiger partial charge is 0.201 e. The van der Waals surface area contributed by atoms with E-state index < -0.39 is 0 Å². The van der Waals surface area contributed by atoms with E-state index in [2.05, 4.69) is 24.3 Å². The van der Waals surface area contributed by atoms with Crippen LogP contribution in [0.1, 0.15) is 5.56 Å². The van der Waals surface area contributed by atoms with Crippen LogP contribution in [0.15, 0.2) is 101 Å². The molecule has 4 nitrogen and oxygen atoms in total. The van der Waals surface area contributed by atoms with Gasteiger partial charge in [0.25, 0.3) is 6.67 Å². The highest BCUT2D eigenvalue weighted by Crippen LogP contribution is 2.22. The lowest BCUT2D eigenvalue weighted by molar-refractivity contribution is -0.508. The van der Waals surface area contributed by atoms with Crippen molar-refractivity contribution in [2.75, 3.05) is 11.7 Å². The molecule has 0 N–H and O–H groups in total. The van der Waals surface area contributed by atoms with Gasteiger partial charge in [0.2, 0.25) is 11.5 Å². The summed E-state index contributed by atoms with van der Waals surface area (Å²) >= 11 is 0. The van der Waals surface area contributed by atoms with E-state index in [1.165, 1.54) is 0 Å². The average molecular weight is 313 g/mol. The standard InChI is InChI=1S/C20H17N4/c1-4-10-17(11-5-1)20-21-23(18-12-6-2-7-13-18)16-24(22-20)19-14-8-3-9-15-19/h1-15H,16H2/q+1. The van der Waals surface area contributed by atoms with Crippen LogP contribution in [0.4, 0.5) is 11.4 Å². The molecular formula is C20H17N4+. The highest BCUT2D eigenvalue weighted by atomic mass is 15.6. The van der Waals surface area contributed by atoms with Gasteiger partial charge in [0.05, 0.1) is 5.69 Å². The minimum atomic E-state index is 0.574. The molecule has 0 aliphatic carbocycles. The minimum Gasteiger partial charge on any atom is -0.201 e. The average Bonchev–Trinajstić information content (AvgIpc) is 2.70. The molecule has 1 aliphatic heterocycles. The van der Waals surface area contributed by atoms with Gasteiger partial charge in [0.1, 0.15) is 0 Å². The van der Waals surface area contributed by atoms with Gasteiger partial charge in [-0.15, -0.1) is 5.10 Å². The van der Waals surface area contributed by atoms with E-state index in [-0.39, 0.29) is 0 Å². The first kappa shape index (κ1) is 14.3. The van der Waals surface area contributed by atoms with Crippen molar-refractivity contribution >= 4 is 17.2 Å². The van der Waals surface area contributed by atoms with Crippen LogP contribution in [-0.4, -0.2) is 17.2 Å². The summed E-state index contributed by atoms with van der Waals surface area (Å²) in [7, 11) is 0. The third-order valence-electron chi connectivity index (χ3n) is 3.84. The number of amidine groups is 1. The second kappa shape index (κ2) is 6.46. The Balaban J connectivity index is 1.79. The summed E-state index contributed by atoms with van der Waals surface area (Å²) in [6.07, 6.45) is 0. The van der Waals surface area contributed by atoms with E-state index in [0.29, 0.717) is 12.5 Å². The zero-order chi connectivity index (χ0) is 16.2. The largest absolute Gasteiger partial charge is 0.269 e. The van der Waals surface area contributed by atoms with E-state index in [1.54, 1.807) is 0 Å². The van der Waals surface area contributed by atoms with Gasteiger partial charge >= 0.3 is 0 Å². The number of hydrogen-bond acceptors (Lipinski definition) is 3. The fourth-order valence-electron chi connectivity index (χ4n) is 2.62. The zero-order valence-corrected chi connectivity index (χ0v) is 13.2. The molecule has 4 heteroatoms. The second-order valence-electron chi connectivity index (χ2n) is 5.50. The molecule has 0 atom stereocenters. The normalized spacial score (nSPS) is 14.1. The SMILES string of the molecule is c1ccc(C2=NN(c3ccccc3)C[N+](c3ccccc3)=N2)cc1. The Morgan fingerprint density at radius 1 is 0.708 bits per heavy atom. The first-order valence-corrected chi connectivity index (χ1v) is 7.91. The van der Waals surface area contributed by atoms with Gasteiger partial charge in [-0.25, -0.2) is 5.01 Å². The van der Waals surface area contributed by atoms with E-state index in [0.717, 1.165) is 16.9 Å². The van der Waals surface area contributed by atoms with Gasteiger partial charge in [-0.3, -0.25) is 0 Å². The molecule has 1 aliphatic rings. The number of anilines is 1. The van der Waals surface area contributed by atoms with E-state index in [9.17, 15) is 0 Å². The molecule has 0 unspecified atom stereocenters. The lowest BCUT2D eigenvalue weighted by Gasteiger charge is -2.20. The fourth-order valence-corrected chi connectivity index (χ4v) is 2.62. The molecular weight excluding hydrogens is 296 g/mol. The van der Waals surface area contributed by atoms with Crippen molar-refractivity contribution in [3.05, 3.63) is 96.6 Å². The molecule has 3 aromatic rings. The molecule has 0 aromatic heterocycles. The number of para-hydroxylation sites is 2. The van der Waals surface area contributed by atoms with E-state index in [1.807, 2.05) is 76.4 Å². The van der Waals surface area contributed by atoms with Gasteiger partial charge in [-0.2, -0.15) is 0 Å². The maximum atomic E-state index is 4.74. The number of nitrogens with zero attached hydrogens (tertiary/aromatic N) is 4. The minimum absolute atomic E-state index is 0.574. The number of benzene rings is 3. The third kappa shape index (κ3) is 2.94. The van der Waals surface area contributed by atoms with Crippen molar-refractivity contribution in [1.29, 1.82) is 0 Å². The molecule has 0 saturated carbocycles. The molecule has 24 heavy (non-hydrogen) atoms. The predicted octanol–water partition coefficient (Wildman–Crippen LogP) is 4.62. The highest BCUT2D eigenvalue weighted by molar-refractivity contribution is 5.99. The molecule has 0 spiro atoms. The highest BCUT2D eigenvalue weighted by Gasteiger charge is 2.25. The van der Waals surface area contributed by atoms with Gasteiger partial charge in [0.15, 0.2) is 0 Å². The van der Waals surface area contributed by atoms with Crippen LogP contribution in [0.25, 0.3) is 0 Å². The molecule has 0 bridgehead atoms. The maximum absolute atomic E-state index is 4.74. The third-order valence-corrected chi connectivity index (χ3v) is 3.84. The zero-order valence-electron chi connectivity index (χ0n) is 13.2. The predicted molar refractivity (Wildman–Crippen MR) is 95.6 cm³/mol. The van der Waals surface area contributed by atoms with Gasteiger partial charge < -0.3 is 0 Å². The lowest BCUT2D eigenvalue weighted by atomic mass is 10.2. The first-order chi connectivity index (χ1) is 11.9. The van der Waals surface area contributed by atoms with E-state index in [4.69, 9.17) is 10.2 Å². The van der Waals surface area contributed by atoms with Crippen LogP contribution in [-0.2, 0) is 0 Å². The maximum Gasteiger partial charge on any atom is 0.269 e. The molecule has 0 radical (unpaired) electrons. The van der Waals surface area contributed by atoms with Crippen molar-refractivity contribution in [3.63, 3.8) is 0 Å². The van der Waals surface area contributed by atoms with Crippen molar-refractivity contribution in [1.82, 2.24) is 0 Å². The molecule has 4 rings (SSSR count). The Morgan fingerprint density at radius 2 is 1.29 bits per heavy atom. The van der Waals surface area contributed by atoms with Crippen LogP contribution in [0.3, 0.4) is 0 Å². The molecule has 0 amide bonds. The monoisotopic (exact) mass is 313 g/mol. The quantitative estimate of drug-likeness (QED) is 0.649. The van der Waals surface area contributed by atoms with Crippen LogP contribution in [0.5, 0.6) is 0 Å². The summed E-state index contributed by atoms with van der Waals surface area (Å²) < 4.78 is 1.97. The van der Waals surface area contributed by atoms with E-state index >= 15 is 0 Å². The van der Waals surface area contributed by atoms with Gasteiger partial charge in [0, 0.05) is 22.8 Å². The molecule has 116 valence electrons. The van der Waals surface area contributed by atoms with Crippen molar-refractivity contribution in [2.45, 2.75) is 0 Å². The van der Waals surface area contributed by atoms with Crippen LogP contribution < -0.4 is 5.01 Å². The second-order valence-corrected chi connectivity index (χ2v) is 5.50. The van der Waals surface area contributed by atoms with Crippen LogP contribution >= 0.6 is 0 Å². The molecule has 0 fully saturated rings. The molecule has 1 heterocycles. The number of hydrazone groups is 1. The van der Waals surface area contributed by atoms with Crippen molar-refractivity contribution in [3.8, 4) is 0 Å². The molecule has 3 aromatic carbocycles. The Labute approximate surface area is 141 Å². The molecule has 0 saturated heterocycles. The van der Waals surface area contributed by atoms with Crippen LogP contribution in [0.2, 0.25) is 0 Å². The van der Waals surface area contributed by atoms with Crippen LogP contribution in [0, 0.1) is 0 Å². The summed E-state index contributed by atoms with van der Waals surface area (Å²) in [6.45, 7) is 0.574. The summed E-state index contributed by atoms with van der Waals surface area (Å²) in [4.78, 5) is 0. The lowest BCUT2D eigenvalue weighted by Crippen LogP contribution is -2.31. The van der Waals surface area contributed by atoms with Gasteiger partial charge in [-0.1, -0.05) is 71.4 Å². The first-order valence-electron chi connectivity index (χ1n) is 7.91. The Kier molecular flexibility index (Phi) is 3.86. The number of azo groups is 2. The summed E-state index contributed by atoms with van der Waals surface area (Å²) in [5.74, 6) is 0.703.